The molecule has 5 heteroatoms. The average Bonchev–Trinajstić information content (AvgIpc) is 2.68. The second kappa shape index (κ2) is 5.11. The molecule has 3 rings (SSSR count). The van der Waals surface area contributed by atoms with Crippen LogP contribution in [0.1, 0.15) is 27.7 Å². The second-order valence-corrected chi connectivity index (χ2v) is 6.69. The highest BCUT2D eigenvalue weighted by atomic mass is 16.7. The molecule has 1 aromatic carbocycles. The number of nitrogen functional groups attached to an aromatic ring is 1. The summed E-state index contributed by atoms with van der Waals surface area (Å²) in [6.45, 7) is 8.14. The Labute approximate surface area is 131 Å². The van der Waals surface area contributed by atoms with Crippen LogP contribution in [0.2, 0.25) is 0 Å². The number of hydrogen-bond acceptors (Lipinski definition) is 4. The van der Waals surface area contributed by atoms with E-state index in [9.17, 15) is 0 Å². The Kier molecular flexibility index (Phi) is 3.50. The van der Waals surface area contributed by atoms with Crippen LogP contribution >= 0.6 is 0 Å². The number of pyridine rings is 1. The van der Waals surface area contributed by atoms with Crippen molar-refractivity contribution in [2.24, 2.45) is 0 Å². The fraction of sp³-hybridized carbons (Fsp3) is 0.353. The molecule has 0 saturated carbocycles. The molecule has 1 aromatic heterocycles. The summed E-state index contributed by atoms with van der Waals surface area (Å²) < 4.78 is 12.0. The average molecular weight is 296 g/mol. The fourth-order valence-electron chi connectivity index (χ4n) is 2.40. The lowest BCUT2D eigenvalue weighted by Gasteiger charge is -2.32. The van der Waals surface area contributed by atoms with E-state index in [-0.39, 0.29) is 11.2 Å². The number of nitrogens with two attached hydrogens (primary N) is 1. The molecule has 0 spiro atoms. The molecule has 2 N–H and O–H groups in total. The molecule has 0 amide bonds. The molecule has 0 aliphatic carbocycles. The van der Waals surface area contributed by atoms with Gasteiger partial charge in [-0.15, -0.1) is 0 Å². The van der Waals surface area contributed by atoms with Gasteiger partial charge in [-0.25, -0.2) is 0 Å². The maximum absolute atomic E-state index is 6.01. The van der Waals surface area contributed by atoms with Gasteiger partial charge in [-0.2, -0.15) is 0 Å². The van der Waals surface area contributed by atoms with Gasteiger partial charge in [0.05, 0.1) is 16.8 Å². The predicted molar refractivity (Wildman–Crippen MR) is 89.8 cm³/mol. The topological polar surface area (TPSA) is 57.4 Å². The van der Waals surface area contributed by atoms with E-state index in [1.807, 2.05) is 70.3 Å². The molecule has 0 atom stereocenters. The van der Waals surface area contributed by atoms with E-state index in [0.717, 1.165) is 22.4 Å². The number of benzene rings is 1. The van der Waals surface area contributed by atoms with Crippen LogP contribution in [0.15, 0.2) is 42.6 Å². The molecule has 1 saturated heterocycles. The van der Waals surface area contributed by atoms with E-state index < -0.39 is 7.12 Å². The van der Waals surface area contributed by atoms with Gasteiger partial charge in [0.2, 0.25) is 0 Å². The Hall–Kier alpha value is -1.85. The second-order valence-electron chi connectivity index (χ2n) is 6.69. The number of aromatic nitrogens is 1. The highest BCUT2D eigenvalue weighted by Crippen LogP contribution is 2.36. The van der Waals surface area contributed by atoms with Gasteiger partial charge in [0.15, 0.2) is 0 Å². The number of rotatable bonds is 2. The summed E-state index contributed by atoms with van der Waals surface area (Å²) in [6.07, 6.45) is 1.83. The Bertz CT molecular complexity index is 667. The summed E-state index contributed by atoms with van der Waals surface area (Å²) in [7, 11) is -0.431. The van der Waals surface area contributed by atoms with Crippen LogP contribution in [-0.2, 0) is 9.31 Å². The normalized spacial score (nSPS) is 19.4. The maximum Gasteiger partial charge on any atom is 0.514 e. The summed E-state index contributed by atoms with van der Waals surface area (Å²) in [5, 5.41) is 0. The highest BCUT2D eigenvalue weighted by molar-refractivity contribution is 6.61. The number of anilines is 1. The van der Waals surface area contributed by atoms with Crippen LogP contribution in [-0.4, -0.2) is 23.3 Å². The van der Waals surface area contributed by atoms with Gasteiger partial charge in [-0.3, -0.25) is 4.98 Å². The summed E-state index contributed by atoms with van der Waals surface area (Å²) in [5.41, 5.74) is 8.71. The van der Waals surface area contributed by atoms with Crippen LogP contribution in [0.5, 0.6) is 0 Å². The van der Waals surface area contributed by atoms with Crippen molar-refractivity contribution in [2.45, 2.75) is 38.9 Å². The quantitative estimate of drug-likeness (QED) is 0.683. The predicted octanol–water partition coefficient (Wildman–Crippen LogP) is 2.63. The van der Waals surface area contributed by atoms with Crippen LogP contribution in [0.4, 0.5) is 5.69 Å². The minimum absolute atomic E-state index is 0.355. The molecule has 2 heterocycles. The van der Waals surface area contributed by atoms with Gasteiger partial charge >= 0.3 is 7.12 Å². The van der Waals surface area contributed by atoms with Crippen LogP contribution < -0.4 is 11.3 Å². The molecule has 0 radical (unpaired) electrons. The molecule has 4 nitrogen and oxygen atoms in total. The zero-order valence-corrected chi connectivity index (χ0v) is 13.5. The zero-order valence-electron chi connectivity index (χ0n) is 13.5. The Morgan fingerprint density at radius 2 is 1.64 bits per heavy atom. The first kappa shape index (κ1) is 15.1. The Morgan fingerprint density at radius 1 is 0.955 bits per heavy atom. The standard InChI is InChI=1S/C17H21BN2O2/c1-16(2)17(3,4)22-18(21-16)15-9-8-13(11-20-15)12-6-5-7-14(19)10-12/h5-11H,19H2,1-4H3. The number of nitrogens with zero attached hydrogens (tertiary/aromatic N) is 1. The van der Waals surface area contributed by atoms with Gasteiger partial charge in [0, 0.05) is 17.4 Å². The summed E-state index contributed by atoms with van der Waals surface area (Å²) in [6, 6.07) is 11.7. The fourth-order valence-corrected chi connectivity index (χ4v) is 2.40. The first-order chi connectivity index (χ1) is 10.3. The Morgan fingerprint density at radius 3 is 2.18 bits per heavy atom. The van der Waals surface area contributed by atoms with Crippen molar-refractivity contribution >= 4 is 18.4 Å². The van der Waals surface area contributed by atoms with E-state index in [1.165, 1.54) is 0 Å². The van der Waals surface area contributed by atoms with Crippen molar-refractivity contribution in [3.63, 3.8) is 0 Å². The molecule has 114 valence electrons. The molecule has 1 aliphatic rings. The van der Waals surface area contributed by atoms with Gasteiger partial charge in [-0.05, 0) is 51.5 Å². The molecule has 0 bridgehead atoms. The van der Waals surface area contributed by atoms with Gasteiger partial charge < -0.3 is 15.0 Å². The molecule has 1 aliphatic heterocycles. The Balaban J connectivity index is 1.84. The van der Waals surface area contributed by atoms with Gasteiger partial charge in [0.1, 0.15) is 0 Å². The third-order valence-corrected chi connectivity index (χ3v) is 4.50. The van der Waals surface area contributed by atoms with E-state index >= 15 is 0 Å². The van der Waals surface area contributed by atoms with Crippen molar-refractivity contribution < 1.29 is 9.31 Å². The van der Waals surface area contributed by atoms with Crippen LogP contribution in [0.25, 0.3) is 11.1 Å². The molecular formula is C17H21BN2O2. The minimum atomic E-state index is -0.431. The van der Waals surface area contributed by atoms with Crippen molar-refractivity contribution in [2.75, 3.05) is 5.73 Å². The smallest absolute Gasteiger partial charge is 0.399 e. The van der Waals surface area contributed by atoms with E-state index in [0.29, 0.717) is 0 Å². The van der Waals surface area contributed by atoms with Crippen molar-refractivity contribution in [3.8, 4) is 11.1 Å². The van der Waals surface area contributed by atoms with Gasteiger partial charge in [0.25, 0.3) is 0 Å². The van der Waals surface area contributed by atoms with Crippen molar-refractivity contribution in [1.29, 1.82) is 0 Å². The molecular weight excluding hydrogens is 275 g/mol. The third kappa shape index (κ3) is 2.62. The molecule has 22 heavy (non-hydrogen) atoms. The third-order valence-electron chi connectivity index (χ3n) is 4.50. The molecule has 0 unspecified atom stereocenters. The lowest BCUT2D eigenvalue weighted by molar-refractivity contribution is 0.00578. The molecule has 2 aromatic rings. The first-order valence-electron chi connectivity index (χ1n) is 7.46. The van der Waals surface area contributed by atoms with E-state index in [1.54, 1.807) is 0 Å². The van der Waals surface area contributed by atoms with Crippen LogP contribution in [0, 0.1) is 0 Å². The molecule has 1 fully saturated rings. The van der Waals surface area contributed by atoms with Crippen molar-refractivity contribution in [1.82, 2.24) is 4.98 Å². The van der Waals surface area contributed by atoms with Crippen molar-refractivity contribution in [3.05, 3.63) is 42.6 Å². The van der Waals surface area contributed by atoms with E-state index in [2.05, 4.69) is 4.98 Å². The van der Waals surface area contributed by atoms with Gasteiger partial charge in [-0.1, -0.05) is 18.2 Å². The monoisotopic (exact) mass is 296 g/mol. The summed E-state index contributed by atoms with van der Waals surface area (Å²) in [5.74, 6) is 0. The summed E-state index contributed by atoms with van der Waals surface area (Å²) in [4.78, 5) is 4.51. The summed E-state index contributed by atoms with van der Waals surface area (Å²) >= 11 is 0. The number of hydrogen-bond donors (Lipinski definition) is 1. The van der Waals surface area contributed by atoms with E-state index in [4.69, 9.17) is 15.0 Å². The lowest BCUT2D eigenvalue weighted by Crippen LogP contribution is -2.41. The SMILES string of the molecule is CC1(C)OB(c2ccc(-c3cccc(N)c3)cn2)OC1(C)C. The van der Waals surface area contributed by atoms with Crippen LogP contribution in [0.3, 0.4) is 0 Å². The first-order valence-corrected chi connectivity index (χ1v) is 7.46. The highest BCUT2D eigenvalue weighted by Gasteiger charge is 2.52. The maximum atomic E-state index is 6.01. The lowest BCUT2D eigenvalue weighted by atomic mass is 9.84. The zero-order chi connectivity index (χ0) is 16.0. The largest absolute Gasteiger partial charge is 0.514 e. The minimum Gasteiger partial charge on any atom is -0.399 e.